The van der Waals surface area contributed by atoms with Gasteiger partial charge in [-0.05, 0) is 63.7 Å². The molecule has 0 aliphatic heterocycles. The van der Waals surface area contributed by atoms with E-state index in [-0.39, 0.29) is 2.85 Å². The van der Waals surface area contributed by atoms with Gasteiger partial charge < -0.3 is 10.2 Å². The molecule has 1 atom stereocenters. The van der Waals surface area contributed by atoms with E-state index in [9.17, 15) is 0 Å². The molecule has 0 amide bonds. The second-order valence-electron chi connectivity index (χ2n) is 6.34. The van der Waals surface area contributed by atoms with Crippen molar-refractivity contribution in [2.75, 3.05) is 25.0 Å². The average molecular weight is 516 g/mol. The number of hydrogen-bond acceptors (Lipinski definition) is 11. The number of aromatic nitrogens is 1. The van der Waals surface area contributed by atoms with Gasteiger partial charge in [0.2, 0.25) is 0 Å². The molecule has 184 valence electrons. The van der Waals surface area contributed by atoms with Crippen LogP contribution in [-0.2, 0) is 27.6 Å². The van der Waals surface area contributed by atoms with E-state index in [0.29, 0.717) is 6.04 Å². The maximum atomic E-state index is 8.93. The molecule has 1 aromatic carbocycles. The van der Waals surface area contributed by atoms with E-state index >= 15 is 0 Å². The quantitative estimate of drug-likeness (QED) is 0.182. The highest BCUT2D eigenvalue weighted by atomic mass is 35.5. The first-order valence-electron chi connectivity index (χ1n) is 9.63. The predicted molar refractivity (Wildman–Crippen MR) is 125 cm³/mol. The number of halogens is 1. The molecule has 1 aromatic heterocycles. The molecule has 0 spiro atoms. The fourth-order valence-corrected chi connectivity index (χ4v) is 2.91. The number of fused-ring (bicyclic) bond motifs is 1. The van der Waals surface area contributed by atoms with Crippen LogP contribution in [0.3, 0.4) is 0 Å². The van der Waals surface area contributed by atoms with E-state index in [2.05, 4.69) is 45.3 Å². The second kappa shape index (κ2) is 17.8. The summed E-state index contributed by atoms with van der Waals surface area (Å²) >= 11 is 6.04. The van der Waals surface area contributed by atoms with Crippen molar-refractivity contribution < 1.29 is 41.0 Å². The van der Waals surface area contributed by atoms with Crippen molar-refractivity contribution in [3.05, 3.63) is 35.5 Å². The zero-order valence-corrected chi connectivity index (χ0v) is 20.6. The Hall–Kier alpha value is -1.68. The summed E-state index contributed by atoms with van der Waals surface area (Å²) in [7, 11) is -6.09. The standard InChI is InChI=1S/C18H26ClN3.2HO4P.2H2/c1-4-22(5-2)12-6-7-14(3)21-17-10-11-20-18-13-15(19)8-9-16(17)18;2*1-4-5(2)3;;/h8-11,13-14H,4-7,12H2,1-3H3,(H,20,21);2*1H;2*1H. The fourth-order valence-electron chi connectivity index (χ4n) is 2.75. The minimum absolute atomic E-state index is 0. The Bertz CT molecular complexity index is 913. The number of nitrogens with one attached hydrogen (secondary N) is 1. The molecule has 14 heteroatoms. The van der Waals surface area contributed by atoms with Crippen LogP contribution in [0.15, 0.2) is 30.5 Å². The van der Waals surface area contributed by atoms with Crippen LogP contribution in [0, 0.1) is 0 Å². The molecule has 0 fully saturated rings. The summed E-state index contributed by atoms with van der Waals surface area (Å²) in [6, 6.07) is 8.35. The molecule has 0 aliphatic carbocycles. The lowest BCUT2D eigenvalue weighted by Gasteiger charge is -2.20. The summed E-state index contributed by atoms with van der Waals surface area (Å²) < 4.78 is 41.1. The van der Waals surface area contributed by atoms with Crippen molar-refractivity contribution in [3.8, 4) is 0 Å². The van der Waals surface area contributed by atoms with Crippen LogP contribution in [0.2, 0.25) is 5.02 Å². The summed E-state index contributed by atoms with van der Waals surface area (Å²) in [5.41, 5.74) is 2.07. The van der Waals surface area contributed by atoms with Crippen LogP contribution in [0.25, 0.3) is 10.9 Å². The normalized spacial score (nSPS) is 11.1. The van der Waals surface area contributed by atoms with Gasteiger partial charge in [0.05, 0.1) is 5.52 Å². The number of nitrogens with zero attached hydrogens (tertiary/aromatic N) is 2. The molecule has 3 N–H and O–H groups in total. The van der Waals surface area contributed by atoms with Crippen LogP contribution in [0.1, 0.15) is 36.5 Å². The lowest BCUT2D eigenvalue weighted by Crippen LogP contribution is -2.25. The van der Waals surface area contributed by atoms with Gasteiger partial charge in [-0.15, -0.1) is 9.35 Å². The van der Waals surface area contributed by atoms with Gasteiger partial charge >= 0.3 is 15.8 Å². The molecule has 32 heavy (non-hydrogen) atoms. The average Bonchev–Trinajstić information content (AvgIpc) is 2.77. The SMILES string of the molecule is CCN(CC)CCCC(C)Nc1ccnc2cc(Cl)ccc12.O=P(=O)OO.O=P(=O)OO.[HH].[HH]. The lowest BCUT2D eigenvalue weighted by atomic mass is 10.1. The largest absolute Gasteiger partial charge is 0.496 e. The third-order valence-corrected chi connectivity index (χ3v) is 4.75. The Morgan fingerprint density at radius 3 is 2.19 bits per heavy atom. The van der Waals surface area contributed by atoms with Gasteiger partial charge in [-0.3, -0.25) is 4.98 Å². The van der Waals surface area contributed by atoms with Crippen molar-refractivity contribution in [1.82, 2.24) is 9.88 Å². The Morgan fingerprint density at radius 1 is 1.12 bits per heavy atom. The summed E-state index contributed by atoms with van der Waals surface area (Å²) in [6.45, 7) is 10.1. The third-order valence-electron chi connectivity index (χ3n) is 4.25. The molecule has 1 heterocycles. The minimum Gasteiger partial charge on any atom is -0.382 e. The van der Waals surface area contributed by atoms with Crippen LogP contribution in [-0.4, -0.2) is 46.1 Å². The van der Waals surface area contributed by atoms with E-state index in [0.717, 1.165) is 41.1 Å². The lowest BCUT2D eigenvalue weighted by molar-refractivity contribution is -0.132. The highest BCUT2D eigenvalue weighted by molar-refractivity contribution is 7.24. The van der Waals surface area contributed by atoms with Crippen molar-refractivity contribution in [2.45, 2.75) is 39.7 Å². The number of anilines is 1. The molecule has 2 aromatic rings. The highest BCUT2D eigenvalue weighted by Crippen LogP contribution is 2.25. The Kier molecular flexibility index (Phi) is 16.9. The first-order chi connectivity index (χ1) is 15.2. The molecule has 0 saturated carbocycles. The maximum Gasteiger partial charge on any atom is 0.496 e. The number of benzene rings is 1. The second-order valence-corrected chi connectivity index (χ2v) is 8.00. The van der Waals surface area contributed by atoms with Crippen molar-refractivity contribution in [1.29, 1.82) is 0 Å². The monoisotopic (exact) mass is 515 g/mol. The number of hydrogen-bond donors (Lipinski definition) is 3. The highest BCUT2D eigenvalue weighted by Gasteiger charge is 2.07. The van der Waals surface area contributed by atoms with Crippen molar-refractivity contribution >= 4 is 44.0 Å². The van der Waals surface area contributed by atoms with Crippen LogP contribution in [0.5, 0.6) is 0 Å². The van der Waals surface area contributed by atoms with Gasteiger partial charge in [-0.2, -0.15) is 0 Å². The summed E-state index contributed by atoms with van der Waals surface area (Å²) in [6.07, 6.45) is 4.21. The zero-order chi connectivity index (χ0) is 24.5. The topological polar surface area (TPSA) is 155 Å². The summed E-state index contributed by atoms with van der Waals surface area (Å²) in [5.74, 6) is 0. The van der Waals surface area contributed by atoms with Gasteiger partial charge in [0, 0.05) is 31.2 Å². The fraction of sp³-hybridized carbons (Fsp3) is 0.500. The molecule has 0 saturated heterocycles. The maximum absolute atomic E-state index is 8.93. The molecular weight excluding hydrogens is 484 g/mol. The predicted octanol–water partition coefficient (Wildman–Crippen LogP) is 6.43. The molecule has 11 nitrogen and oxygen atoms in total. The van der Waals surface area contributed by atoms with E-state index in [1.165, 1.54) is 13.0 Å². The first kappa shape index (κ1) is 30.3. The van der Waals surface area contributed by atoms with E-state index in [4.69, 9.17) is 40.4 Å². The molecular formula is C18H32ClN3O8P2. The van der Waals surface area contributed by atoms with Crippen LogP contribution in [0.4, 0.5) is 5.69 Å². The third kappa shape index (κ3) is 13.7. The first-order valence-corrected chi connectivity index (χ1v) is 12.2. The zero-order valence-electron chi connectivity index (χ0n) is 18.0. The number of pyridine rings is 1. The Morgan fingerprint density at radius 2 is 1.69 bits per heavy atom. The van der Waals surface area contributed by atoms with E-state index in [1.54, 1.807) is 0 Å². The number of rotatable bonds is 10. The Labute approximate surface area is 195 Å². The van der Waals surface area contributed by atoms with Gasteiger partial charge in [-0.25, -0.2) is 28.8 Å². The summed E-state index contributed by atoms with van der Waals surface area (Å²) in [4.78, 5) is 6.86. The molecule has 0 aliphatic rings. The van der Waals surface area contributed by atoms with Crippen molar-refractivity contribution in [2.24, 2.45) is 0 Å². The van der Waals surface area contributed by atoms with Crippen LogP contribution < -0.4 is 5.32 Å². The smallest absolute Gasteiger partial charge is 0.382 e. The van der Waals surface area contributed by atoms with Gasteiger partial charge in [0.1, 0.15) is 0 Å². The minimum atomic E-state index is -3.04. The molecule has 0 radical (unpaired) electrons. The molecule has 0 bridgehead atoms. The Balaban J connectivity index is -0.000000680. The van der Waals surface area contributed by atoms with E-state index in [1.807, 2.05) is 30.5 Å². The van der Waals surface area contributed by atoms with E-state index < -0.39 is 15.8 Å². The summed E-state index contributed by atoms with van der Waals surface area (Å²) in [5, 5.41) is 19.6. The molecule has 2 rings (SSSR count). The van der Waals surface area contributed by atoms with Crippen molar-refractivity contribution in [3.63, 3.8) is 0 Å². The van der Waals surface area contributed by atoms with Crippen LogP contribution >= 0.6 is 27.4 Å². The van der Waals surface area contributed by atoms with Gasteiger partial charge in [0.15, 0.2) is 0 Å². The van der Waals surface area contributed by atoms with Gasteiger partial charge in [0.25, 0.3) is 0 Å². The van der Waals surface area contributed by atoms with Gasteiger partial charge in [-0.1, -0.05) is 25.4 Å². The molecule has 1 unspecified atom stereocenters.